The minimum atomic E-state index is -0.177. The molecule has 0 saturated carbocycles. The molecular formula is C63H53BN2O2. The lowest BCUT2D eigenvalue weighted by Crippen LogP contribution is -2.60. The van der Waals surface area contributed by atoms with Crippen molar-refractivity contribution in [3.8, 4) is 27.9 Å². The first kappa shape index (κ1) is 39.1. The number of benzene rings is 8. The molecular weight excluding hydrogens is 828 g/mol. The molecule has 5 heterocycles. The van der Waals surface area contributed by atoms with Gasteiger partial charge in [0.1, 0.15) is 22.3 Å². The number of rotatable bonds is 1. The third kappa shape index (κ3) is 4.77. The van der Waals surface area contributed by atoms with E-state index in [1.807, 2.05) is 0 Å². The molecule has 5 heteroatoms. The molecule has 2 aliphatic carbocycles. The number of aromatic nitrogens is 1. The Morgan fingerprint density at radius 3 is 2.01 bits per heavy atom. The molecule has 0 unspecified atom stereocenters. The van der Waals surface area contributed by atoms with Gasteiger partial charge in [-0.3, -0.25) is 0 Å². The topological polar surface area (TPSA) is 34.5 Å². The third-order valence-electron chi connectivity index (χ3n) is 17.4. The standard InChI is InChI=1S/C63H53BN2O2/c1-60(2,3)34-18-20-35(21-19-34)66-51-33-55-43(44-29-47-48(32-54(44)67-55)62(6,7)27-26-61(47,4)5)28-42(51)38-22-23-40-56-50(25-24-39-37-15-11-13-17-53(37)68-59(39)56)65-52-30-41-36-14-10-12-16-45(36)63(8,9)46(41)31-49(52)64(66)57(38)58(40)65/h10-25,28-33H,26-27H2,1-9H3. The van der Waals surface area contributed by atoms with Crippen LogP contribution in [0.4, 0.5) is 11.4 Å². The van der Waals surface area contributed by atoms with Crippen LogP contribution in [0, 0.1) is 0 Å². The van der Waals surface area contributed by atoms with Crippen LogP contribution in [0.15, 0.2) is 142 Å². The van der Waals surface area contributed by atoms with Crippen LogP contribution in [0.3, 0.4) is 0 Å². The highest BCUT2D eigenvalue weighted by atomic mass is 16.3. The van der Waals surface area contributed by atoms with Gasteiger partial charge in [-0.25, -0.2) is 0 Å². The van der Waals surface area contributed by atoms with E-state index >= 15 is 0 Å². The van der Waals surface area contributed by atoms with Crippen molar-refractivity contribution < 1.29 is 8.83 Å². The number of hydrogen-bond acceptors (Lipinski definition) is 3. The van der Waals surface area contributed by atoms with Gasteiger partial charge in [0.15, 0.2) is 0 Å². The van der Waals surface area contributed by atoms with Gasteiger partial charge in [0.05, 0.1) is 16.4 Å². The first-order chi connectivity index (χ1) is 32.6. The monoisotopic (exact) mass is 880 g/mol. The molecule has 0 atom stereocenters. The Bertz CT molecular complexity index is 4110. The Morgan fingerprint density at radius 1 is 0.515 bits per heavy atom. The summed E-state index contributed by atoms with van der Waals surface area (Å²) in [4.78, 5) is 2.66. The van der Waals surface area contributed by atoms with Crippen molar-refractivity contribution >= 4 is 94.8 Å². The minimum Gasteiger partial charge on any atom is -0.456 e. The van der Waals surface area contributed by atoms with Gasteiger partial charge in [0.25, 0.3) is 0 Å². The summed E-state index contributed by atoms with van der Waals surface area (Å²) in [7, 11) is 0. The Morgan fingerprint density at radius 2 is 1.22 bits per heavy atom. The molecule has 0 amide bonds. The zero-order valence-corrected chi connectivity index (χ0v) is 40.4. The second-order valence-electron chi connectivity index (χ2n) is 23.5. The van der Waals surface area contributed by atoms with Crippen LogP contribution in [-0.4, -0.2) is 11.4 Å². The highest BCUT2D eigenvalue weighted by Crippen LogP contribution is 2.54. The van der Waals surface area contributed by atoms with E-state index in [1.54, 1.807) is 0 Å². The van der Waals surface area contributed by atoms with Gasteiger partial charge < -0.3 is 18.2 Å². The number of nitrogens with zero attached hydrogens (tertiary/aromatic N) is 2. The first-order valence-electron chi connectivity index (χ1n) is 24.7. The molecule has 11 aromatic rings. The number of anilines is 2. The van der Waals surface area contributed by atoms with E-state index in [4.69, 9.17) is 8.83 Å². The lowest BCUT2D eigenvalue weighted by molar-refractivity contribution is 0.332. The molecule has 0 fully saturated rings. The summed E-state index contributed by atoms with van der Waals surface area (Å²) >= 11 is 0. The Labute approximate surface area is 397 Å². The smallest absolute Gasteiger partial charge is 0.333 e. The largest absolute Gasteiger partial charge is 0.456 e. The Balaban J connectivity index is 1.10. The fraction of sp³-hybridized carbons (Fsp3) is 0.238. The second-order valence-corrected chi connectivity index (χ2v) is 23.5. The fourth-order valence-corrected chi connectivity index (χ4v) is 13.6. The van der Waals surface area contributed by atoms with Crippen LogP contribution in [0.2, 0.25) is 0 Å². The van der Waals surface area contributed by atoms with Crippen molar-refractivity contribution in [1.82, 2.24) is 4.57 Å². The van der Waals surface area contributed by atoms with E-state index < -0.39 is 0 Å². The predicted octanol–water partition coefficient (Wildman–Crippen LogP) is 15.8. The van der Waals surface area contributed by atoms with Crippen molar-refractivity contribution in [2.45, 2.75) is 96.8 Å². The van der Waals surface area contributed by atoms with Crippen LogP contribution >= 0.6 is 0 Å². The highest BCUT2D eigenvalue weighted by Gasteiger charge is 2.47. The maximum atomic E-state index is 7.09. The minimum absolute atomic E-state index is 0.0152. The first-order valence-corrected chi connectivity index (χ1v) is 24.7. The van der Waals surface area contributed by atoms with Crippen LogP contribution < -0.4 is 15.7 Å². The average molecular weight is 881 g/mol. The summed E-state index contributed by atoms with van der Waals surface area (Å²) in [6, 6.07) is 51.3. The van der Waals surface area contributed by atoms with Crippen LogP contribution in [-0.2, 0) is 21.7 Å². The van der Waals surface area contributed by atoms with E-state index in [9.17, 15) is 0 Å². The van der Waals surface area contributed by atoms with Crippen molar-refractivity contribution in [2.75, 3.05) is 4.81 Å². The zero-order chi connectivity index (χ0) is 46.1. The van der Waals surface area contributed by atoms with Gasteiger partial charge in [-0.05, 0) is 139 Å². The average Bonchev–Trinajstić information content (AvgIpc) is 4.04. The molecule has 330 valence electrons. The van der Waals surface area contributed by atoms with Crippen LogP contribution in [0.5, 0.6) is 0 Å². The maximum Gasteiger partial charge on any atom is 0.333 e. The highest BCUT2D eigenvalue weighted by molar-refractivity contribution is 6.93. The fourth-order valence-electron chi connectivity index (χ4n) is 13.6. The molecule has 8 aromatic carbocycles. The molecule has 68 heavy (non-hydrogen) atoms. The molecule has 4 aliphatic rings. The van der Waals surface area contributed by atoms with Gasteiger partial charge >= 0.3 is 6.85 Å². The Kier molecular flexibility index (Phi) is 7.11. The molecule has 3 aromatic heterocycles. The summed E-state index contributed by atoms with van der Waals surface area (Å²) < 4.78 is 16.6. The third-order valence-corrected chi connectivity index (χ3v) is 17.4. The number of furan rings is 2. The lowest BCUT2D eigenvalue weighted by atomic mass is 9.43. The SMILES string of the molecule is CC(C)(C)c1ccc(N2B3c4cc5c(cc4-n4c6ccc7c8ccccc8oc7c6c6ccc(c3c64)-c3cc4c(cc32)oc2cc3c(cc24)C(C)(C)CCC3(C)C)-c2ccccc2C5(C)C)cc1. The number of para-hydroxylation sites is 1. The summed E-state index contributed by atoms with van der Waals surface area (Å²) in [5.41, 5.74) is 24.5. The van der Waals surface area contributed by atoms with E-state index in [1.165, 1.54) is 117 Å². The van der Waals surface area contributed by atoms with Crippen LogP contribution in [0.1, 0.15) is 103 Å². The normalized spacial score (nSPS) is 17.1. The molecule has 0 radical (unpaired) electrons. The van der Waals surface area contributed by atoms with E-state index in [0.29, 0.717) is 0 Å². The van der Waals surface area contributed by atoms with Crippen molar-refractivity contribution in [3.05, 3.63) is 161 Å². The van der Waals surface area contributed by atoms with E-state index in [-0.39, 0.29) is 28.5 Å². The second kappa shape index (κ2) is 12.4. The zero-order valence-electron chi connectivity index (χ0n) is 40.4. The van der Waals surface area contributed by atoms with Crippen molar-refractivity contribution in [2.24, 2.45) is 0 Å². The van der Waals surface area contributed by atoms with Gasteiger partial charge in [0, 0.05) is 61.0 Å². The van der Waals surface area contributed by atoms with Gasteiger partial charge in [-0.1, -0.05) is 135 Å². The quantitative estimate of drug-likeness (QED) is 0.154. The molecule has 0 saturated heterocycles. The Hall–Kier alpha value is -6.98. The van der Waals surface area contributed by atoms with Crippen molar-refractivity contribution in [1.29, 1.82) is 0 Å². The summed E-state index contributed by atoms with van der Waals surface area (Å²) in [5, 5.41) is 7.07. The summed E-state index contributed by atoms with van der Waals surface area (Å²) in [6.07, 6.45) is 2.33. The van der Waals surface area contributed by atoms with Gasteiger partial charge in [-0.2, -0.15) is 0 Å². The van der Waals surface area contributed by atoms with Crippen LogP contribution in [0.25, 0.3) is 93.6 Å². The number of hydrogen-bond donors (Lipinski definition) is 0. The van der Waals surface area contributed by atoms with Crippen molar-refractivity contribution in [3.63, 3.8) is 0 Å². The van der Waals surface area contributed by atoms with E-state index in [2.05, 4.69) is 205 Å². The molecule has 0 spiro atoms. The maximum absolute atomic E-state index is 7.09. The molecule has 15 rings (SSSR count). The number of fused-ring (bicyclic) bond motifs is 19. The molecule has 0 bridgehead atoms. The van der Waals surface area contributed by atoms with Gasteiger partial charge in [0.2, 0.25) is 0 Å². The molecule has 4 nitrogen and oxygen atoms in total. The molecule has 2 aliphatic heterocycles. The molecule has 0 N–H and O–H groups in total. The van der Waals surface area contributed by atoms with Gasteiger partial charge in [-0.15, -0.1) is 0 Å². The predicted molar refractivity (Wildman–Crippen MR) is 286 cm³/mol. The van der Waals surface area contributed by atoms with E-state index in [0.717, 1.165) is 39.5 Å². The summed E-state index contributed by atoms with van der Waals surface area (Å²) in [5.74, 6) is 0. The lowest BCUT2D eigenvalue weighted by Gasteiger charge is -2.42. The summed E-state index contributed by atoms with van der Waals surface area (Å²) in [6.45, 7) is 21.2.